The highest BCUT2D eigenvalue weighted by Crippen LogP contribution is 2.34. The van der Waals surface area contributed by atoms with Crippen molar-refractivity contribution in [1.29, 1.82) is 0 Å². The first-order valence-corrected chi connectivity index (χ1v) is 8.84. The van der Waals surface area contributed by atoms with Gasteiger partial charge in [0.25, 0.3) is 10.0 Å². The van der Waals surface area contributed by atoms with Crippen LogP contribution in [-0.2, 0) is 19.7 Å². The summed E-state index contributed by atoms with van der Waals surface area (Å²) in [6, 6.07) is 15.4. The third-order valence-electron chi connectivity index (χ3n) is 3.86. The number of sulfonamides is 1. The van der Waals surface area contributed by atoms with Crippen molar-refractivity contribution in [3.8, 4) is 11.1 Å². The van der Waals surface area contributed by atoms with Crippen molar-refractivity contribution in [3.05, 3.63) is 65.9 Å². The van der Waals surface area contributed by atoms with Gasteiger partial charge in [0.15, 0.2) is 6.23 Å². The molecule has 0 saturated heterocycles. The lowest BCUT2D eigenvalue weighted by molar-refractivity contribution is -0.134. The molecule has 0 aromatic heterocycles. The van der Waals surface area contributed by atoms with Crippen LogP contribution >= 0.6 is 0 Å². The smallest absolute Gasteiger partial charge is 0.337 e. The van der Waals surface area contributed by atoms with Crippen molar-refractivity contribution in [2.75, 3.05) is 0 Å². The van der Waals surface area contributed by atoms with Crippen LogP contribution in [0.15, 0.2) is 70.8 Å². The minimum atomic E-state index is -4.16. The first-order chi connectivity index (χ1) is 11.8. The fourth-order valence-corrected chi connectivity index (χ4v) is 4.25. The Labute approximate surface area is 145 Å². The van der Waals surface area contributed by atoms with Crippen LogP contribution in [0.5, 0.6) is 0 Å². The highest BCUT2D eigenvalue weighted by atomic mass is 32.2. The molecule has 0 amide bonds. The van der Waals surface area contributed by atoms with Gasteiger partial charge in [-0.1, -0.05) is 48.5 Å². The minimum absolute atomic E-state index is 0.000566. The molecular weight excluding hydrogens is 344 g/mol. The standard InChI is InChI=1S/C17H16N2O5S/c1-11-15(17(20)21)16(18)24-19(11)25(22,23)14-10-6-5-9-13(14)12-7-3-2-4-8-12/h2-10,16H,18H2,1H3,(H,20,21). The number of carbonyl (C=O) groups is 1. The first-order valence-electron chi connectivity index (χ1n) is 7.40. The molecule has 7 nitrogen and oxygen atoms in total. The first kappa shape index (κ1) is 17.2. The average molecular weight is 360 g/mol. The predicted octanol–water partition coefficient (Wildman–Crippen LogP) is 1.93. The van der Waals surface area contributed by atoms with E-state index in [-0.39, 0.29) is 16.2 Å². The van der Waals surface area contributed by atoms with Crippen molar-refractivity contribution < 1.29 is 23.2 Å². The average Bonchev–Trinajstić information content (AvgIpc) is 2.91. The van der Waals surface area contributed by atoms with E-state index in [0.29, 0.717) is 15.6 Å². The summed E-state index contributed by atoms with van der Waals surface area (Å²) in [5, 5.41) is 9.20. The summed E-state index contributed by atoms with van der Waals surface area (Å²) >= 11 is 0. The Morgan fingerprint density at radius 2 is 1.72 bits per heavy atom. The quantitative estimate of drug-likeness (QED) is 0.862. The van der Waals surface area contributed by atoms with Gasteiger partial charge in [0.2, 0.25) is 0 Å². The Hall–Kier alpha value is -2.68. The van der Waals surface area contributed by atoms with E-state index in [1.165, 1.54) is 13.0 Å². The van der Waals surface area contributed by atoms with Gasteiger partial charge in [0, 0.05) is 5.56 Å². The minimum Gasteiger partial charge on any atom is -0.478 e. The van der Waals surface area contributed by atoms with E-state index in [0.717, 1.165) is 0 Å². The zero-order valence-electron chi connectivity index (χ0n) is 13.3. The van der Waals surface area contributed by atoms with Crippen LogP contribution in [0.1, 0.15) is 6.92 Å². The maximum Gasteiger partial charge on any atom is 0.337 e. The van der Waals surface area contributed by atoms with Gasteiger partial charge in [-0.25, -0.2) is 9.63 Å². The summed E-state index contributed by atoms with van der Waals surface area (Å²) in [6.45, 7) is 1.35. The molecule has 1 aliphatic rings. The van der Waals surface area contributed by atoms with E-state index >= 15 is 0 Å². The van der Waals surface area contributed by atoms with Gasteiger partial charge in [0.1, 0.15) is 5.57 Å². The monoisotopic (exact) mass is 360 g/mol. The molecule has 3 rings (SSSR count). The van der Waals surface area contributed by atoms with Gasteiger partial charge in [-0.3, -0.25) is 5.73 Å². The van der Waals surface area contributed by atoms with Crippen LogP contribution in [0.25, 0.3) is 11.1 Å². The molecule has 1 aliphatic heterocycles. The molecule has 0 aliphatic carbocycles. The molecule has 25 heavy (non-hydrogen) atoms. The molecule has 2 aromatic rings. The Balaban J connectivity index is 2.13. The maximum atomic E-state index is 13.1. The zero-order chi connectivity index (χ0) is 18.2. The summed E-state index contributed by atoms with van der Waals surface area (Å²) < 4.78 is 26.7. The van der Waals surface area contributed by atoms with Gasteiger partial charge in [-0.05, 0) is 18.6 Å². The summed E-state index contributed by atoms with van der Waals surface area (Å²) in [4.78, 5) is 16.4. The molecule has 1 atom stereocenters. The highest BCUT2D eigenvalue weighted by Gasteiger charge is 2.40. The molecule has 0 bridgehead atoms. The Morgan fingerprint density at radius 1 is 1.12 bits per heavy atom. The van der Waals surface area contributed by atoms with E-state index in [4.69, 9.17) is 10.6 Å². The number of nitrogens with two attached hydrogens (primary N) is 1. The molecule has 8 heteroatoms. The van der Waals surface area contributed by atoms with Crippen LogP contribution in [0.3, 0.4) is 0 Å². The Morgan fingerprint density at radius 3 is 2.32 bits per heavy atom. The molecule has 0 fully saturated rings. The number of nitrogens with zero attached hydrogens (tertiary/aromatic N) is 1. The third kappa shape index (κ3) is 2.91. The number of carboxylic acid groups (broad SMARTS) is 1. The van der Waals surface area contributed by atoms with E-state index in [2.05, 4.69) is 0 Å². The second-order valence-electron chi connectivity index (χ2n) is 5.42. The second-order valence-corrected chi connectivity index (χ2v) is 7.15. The normalized spacial score (nSPS) is 17.8. The van der Waals surface area contributed by atoms with E-state index in [9.17, 15) is 18.3 Å². The maximum absolute atomic E-state index is 13.1. The lowest BCUT2D eigenvalue weighted by atomic mass is 10.1. The summed E-state index contributed by atoms with van der Waals surface area (Å²) in [6.07, 6.45) is -1.35. The van der Waals surface area contributed by atoms with E-state index in [1.807, 2.05) is 6.07 Å². The number of allylic oxidation sites excluding steroid dienone is 1. The topological polar surface area (TPSA) is 110 Å². The molecule has 0 saturated carbocycles. The van der Waals surface area contributed by atoms with Gasteiger partial charge in [0.05, 0.1) is 10.6 Å². The van der Waals surface area contributed by atoms with Crippen molar-refractivity contribution in [2.45, 2.75) is 18.0 Å². The molecule has 0 radical (unpaired) electrons. The number of hydrogen-bond donors (Lipinski definition) is 2. The lowest BCUT2D eigenvalue weighted by Gasteiger charge is -2.21. The molecule has 1 unspecified atom stereocenters. The fourth-order valence-electron chi connectivity index (χ4n) is 2.69. The molecule has 0 spiro atoms. The Bertz CT molecular complexity index is 954. The second kappa shape index (κ2) is 6.32. The number of hydrogen-bond acceptors (Lipinski definition) is 5. The van der Waals surface area contributed by atoms with Crippen molar-refractivity contribution in [3.63, 3.8) is 0 Å². The van der Waals surface area contributed by atoms with Crippen LogP contribution in [0.2, 0.25) is 0 Å². The molecule has 2 aromatic carbocycles. The van der Waals surface area contributed by atoms with Gasteiger partial charge in [-0.15, -0.1) is 4.47 Å². The SMILES string of the molecule is CC1=C(C(=O)O)C(N)ON1S(=O)(=O)c1ccccc1-c1ccccc1. The van der Waals surface area contributed by atoms with Crippen LogP contribution in [0.4, 0.5) is 0 Å². The van der Waals surface area contributed by atoms with E-state index in [1.54, 1.807) is 42.5 Å². The number of hydroxylamine groups is 1. The number of rotatable bonds is 4. The van der Waals surface area contributed by atoms with Crippen molar-refractivity contribution in [1.82, 2.24) is 4.47 Å². The zero-order valence-corrected chi connectivity index (χ0v) is 14.1. The fraction of sp³-hybridized carbons (Fsp3) is 0.118. The van der Waals surface area contributed by atoms with Crippen LogP contribution in [-0.4, -0.2) is 30.2 Å². The Kier molecular flexibility index (Phi) is 4.34. The van der Waals surface area contributed by atoms with Crippen LogP contribution in [0, 0.1) is 0 Å². The van der Waals surface area contributed by atoms with Gasteiger partial charge in [-0.2, -0.15) is 8.42 Å². The molecule has 1 heterocycles. The molecule has 130 valence electrons. The predicted molar refractivity (Wildman–Crippen MR) is 90.3 cm³/mol. The van der Waals surface area contributed by atoms with Crippen LogP contribution < -0.4 is 5.73 Å². The van der Waals surface area contributed by atoms with E-state index < -0.39 is 22.2 Å². The summed E-state index contributed by atoms with van der Waals surface area (Å²) in [7, 11) is -4.16. The molecular formula is C17H16N2O5S. The van der Waals surface area contributed by atoms with Crippen molar-refractivity contribution >= 4 is 16.0 Å². The number of benzene rings is 2. The van der Waals surface area contributed by atoms with Crippen molar-refractivity contribution in [2.24, 2.45) is 5.73 Å². The summed E-state index contributed by atoms with van der Waals surface area (Å²) in [5.74, 6) is -1.32. The largest absolute Gasteiger partial charge is 0.478 e. The summed E-state index contributed by atoms with van der Waals surface area (Å²) in [5.41, 5.74) is 6.46. The number of carboxylic acids is 1. The van der Waals surface area contributed by atoms with Gasteiger partial charge >= 0.3 is 5.97 Å². The lowest BCUT2D eigenvalue weighted by Crippen LogP contribution is -2.32. The number of aliphatic carboxylic acids is 1. The highest BCUT2D eigenvalue weighted by molar-refractivity contribution is 7.89. The van der Waals surface area contributed by atoms with Gasteiger partial charge < -0.3 is 5.11 Å². The third-order valence-corrected chi connectivity index (χ3v) is 5.56. The molecule has 3 N–H and O–H groups in total.